The van der Waals surface area contributed by atoms with Gasteiger partial charge in [-0.1, -0.05) is 0 Å². The molecule has 0 saturated carbocycles. The lowest BCUT2D eigenvalue weighted by Gasteiger charge is -2.17. The van der Waals surface area contributed by atoms with E-state index >= 15 is 0 Å². The lowest BCUT2D eigenvalue weighted by Crippen LogP contribution is -2.24. The Morgan fingerprint density at radius 3 is 2.72 bits per heavy atom. The Labute approximate surface area is 109 Å². The zero-order valence-electron chi connectivity index (χ0n) is 9.47. The first kappa shape index (κ1) is 12.7. The van der Waals surface area contributed by atoms with E-state index in [1.165, 1.54) is 17.0 Å². The summed E-state index contributed by atoms with van der Waals surface area (Å²) in [6.45, 7) is 0.449. The highest BCUT2D eigenvalue weighted by Crippen LogP contribution is 2.29. The van der Waals surface area contributed by atoms with Gasteiger partial charge in [0.05, 0.1) is 5.56 Å². The van der Waals surface area contributed by atoms with Crippen molar-refractivity contribution >= 4 is 29.2 Å². The van der Waals surface area contributed by atoms with Crippen molar-refractivity contribution in [2.75, 3.05) is 17.3 Å². The number of carbonyl (C=O) groups is 2. The maximum absolute atomic E-state index is 11.8. The number of aromatic hydroxyl groups is 1. The Balaban J connectivity index is 2.34. The summed E-state index contributed by atoms with van der Waals surface area (Å²) in [5, 5.41) is 18.4. The molecule has 2 N–H and O–H groups in total. The van der Waals surface area contributed by atoms with Gasteiger partial charge in [0.2, 0.25) is 5.91 Å². The summed E-state index contributed by atoms with van der Waals surface area (Å²) in [4.78, 5) is 24.1. The van der Waals surface area contributed by atoms with Crippen LogP contribution in [0.4, 0.5) is 5.69 Å². The summed E-state index contributed by atoms with van der Waals surface area (Å²) in [5.41, 5.74) is 0.345. The smallest absolute Gasteiger partial charge is 0.335 e. The minimum absolute atomic E-state index is 0.0490. The molecule has 1 atom stereocenters. The second-order valence-electron chi connectivity index (χ2n) is 4.27. The van der Waals surface area contributed by atoms with Crippen molar-refractivity contribution in [2.45, 2.75) is 6.42 Å². The molecule has 1 unspecified atom stereocenters. The Bertz CT molecular complexity index is 503. The molecule has 0 bridgehead atoms. The number of carboxylic acid groups (broad SMARTS) is 1. The molecule has 0 aliphatic carbocycles. The van der Waals surface area contributed by atoms with Crippen LogP contribution in [-0.4, -0.2) is 34.5 Å². The number of hydrogen-bond acceptors (Lipinski definition) is 3. The Morgan fingerprint density at radius 1 is 1.44 bits per heavy atom. The molecule has 96 valence electrons. The summed E-state index contributed by atoms with van der Waals surface area (Å²) >= 11 is 5.72. The molecule has 1 aliphatic rings. The van der Waals surface area contributed by atoms with Crippen LogP contribution in [0, 0.1) is 5.92 Å². The molecule has 1 aromatic rings. The van der Waals surface area contributed by atoms with E-state index in [1.807, 2.05) is 0 Å². The van der Waals surface area contributed by atoms with Gasteiger partial charge in [0, 0.05) is 30.6 Å². The zero-order chi connectivity index (χ0) is 13.3. The second kappa shape index (κ2) is 4.86. The van der Waals surface area contributed by atoms with Crippen LogP contribution in [0.5, 0.6) is 5.75 Å². The molecule has 1 saturated heterocycles. The van der Waals surface area contributed by atoms with Gasteiger partial charge >= 0.3 is 5.97 Å². The Morgan fingerprint density at radius 2 is 2.17 bits per heavy atom. The van der Waals surface area contributed by atoms with Gasteiger partial charge in [0.15, 0.2) is 0 Å². The minimum Gasteiger partial charge on any atom is -0.508 e. The first-order chi connectivity index (χ1) is 8.51. The number of aromatic carboxylic acids is 1. The first-order valence-electron chi connectivity index (χ1n) is 5.45. The molecule has 1 fully saturated rings. The molecule has 18 heavy (non-hydrogen) atoms. The quantitative estimate of drug-likeness (QED) is 0.819. The number of carbonyl (C=O) groups excluding carboxylic acids is 1. The van der Waals surface area contributed by atoms with Crippen molar-refractivity contribution in [2.24, 2.45) is 5.92 Å². The molecule has 6 heteroatoms. The fourth-order valence-corrected chi connectivity index (χ4v) is 2.22. The highest BCUT2D eigenvalue weighted by atomic mass is 35.5. The van der Waals surface area contributed by atoms with Crippen molar-refractivity contribution in [3.05, 3.63) is 23.8 Å². The number of alkyl halides is 1. The zero-order valence-corrected chi connectivity index (χ0v) is 10.2. The summed E-state index contributed by atoms with van der Waals surface area (Å²) in [5.74, 6) is -0.982. The summed E-state index contributed by atoms with van der Waals surface area (Å²) in [7, 11) is 0. The van der Waals surface area contributed by atoms with E-state index < -0.39 is 5.97 Å². The van der Waals surface area contributed by atoms with Gasteiger partial charge in [0.1, 0.15) is 5.75 Å². The lowest BCUT2D eigenvalue weighted by atomic mass is 10.1. The van der Waals surface area contributed by atoms with E-state index in [2.05, 4.69) is 0 Å². The number of hydrogen-bond donors (Lipinski definition) is 2. The predicted octanol–water partition coefficient (Wildman–Crippen LogP) is 1.68. The minimum atomic E-state index is -1.15. The van der Waals surface area contributed by atoms with Gasteiger partial charge in [-0.15, -0.1) is 11.6 Å². The standard InChI is InChI=1S/C12H12ClNO4/c13-5-7-1-11(16)14(6-7)9-2-8(12(17)18)3-10(15)4-9/h2-4,7,15H,1,5-6H2,(H,17,18). The van der Waals surface area contributed by atoms with Crippen LogP contribution in [0.25, 0.3) is 0 Å². The number of amides is 1. The molecule has 1 aromatic carbocycles. The van der Waals surface area contributed by atoms with Crippen molar-refractivity contribution in [3.63, 3.8) is 0 Å². The maximum atomic E-state index is 11.8. The van der Waals surface area contributed by atoms with Gasteiger partial charge in [0.25, 0.3) is 0 Å². The number of nitrogens with zero attached hydrogens (tertiary/aromatic N) is 1. The molecule has 1 aliphatic heterocycles. The molecule has 0 radical (unpaired) electrons. The maximum Gasteiger partial charge on any atom is 0.335 e. The molecular weight excluding hydrogens is 258 g/mol. The van der Waals surface area contributed by atoms with Gasteiger partial charge in [-0.05, 0) is 18.1 Å². The van der Waals surface area contributed by atoms with Crippen LogP contribution < -0.4 is 4.90 Å². The van der Waals surface area contributed by atoms with Gasteiger partial charge in [-0.3, -0.25) is 4.79 Å². The fraction of sp³-hybridized carbons (Fsp3) is 0.333. The Kier molecular flexibility index (Phi) is 3.43. The van der Waals surface area contributed by atoms with E-state index in [0.29, 0.717) is 24.5 Å². The van der Waals surface area contributed by atoms with Gasteiger partial charge < -0.3 is 15.1 Å². The average Bonchev–Trinajstić information content (AvgIpc) is 2.69. The molecule has 1 heterocycles. The third-order valence-electron chi connectivity index (χ3n) is 2.88. The number of phenolic OH excluding ortho intramolecular Hbond substituents is 1. The average molecular weight is 270 g/mol. The Hall–Kier alpha value is -1.75. The molecule has 1 amide bonds. The third-order valence-corrected chi connectivity index (χ3v) is 3.32. The highest BCUT2D eigenvalue weighted by Gasteiger charge is 2.30. The van der Waals surface area contributed by atoms with Crippen LogP contribution in [0.2, 0.25) is 0 Å². The molecule has 0 aromatic heterocycles. The summed E-state index contributed by atoms with van der Waals surface area (Å²) in [6, 6.07) is 3.89. The van der Waals surface area contributed by atoms with Crippen molar-refractivity contribution in [3.8, 4) is 5.75 Å². The third kappa shape index (κ3) is 2.41. The van der Waals surface area contributed by atoms with Crippen molar-refractivity contribution < 1.29 is 19.8 Å². The van der Waals surface area contributed by atoms with Crippen molar-refractivity contribution in [1.29, 1.82) is 0 Å². The lowest BCUT2D eigenvalue weighted by molar-refractivity contribution is -0.117. The number of phenols is 1. The normalized spacial score (nSPS) is 19.3. The van der Waals surface area contributed by atoms with Gasteiger partial charge in [-0.25, -0.2) is 4.79 Å². The van der Waals surface area contributed by atoms with Crippen molar-refractivity contribution in [1.82, 2.24) is 0 Å². The number of rotatable bonds is 3. The van der Waals surface area contributed by atoms with Gasteiger partial charge in [-0.2, -0.15) is 0 Å². The predicted molar refractivity (Wildman–Crippen MR) is 66.2 cm³/mol. The van der Waals surface area contributed by atoms with E-state index in [-0.39, 0.29) is 23.1 Å². The van der Waals surface area contributed by atoms with E-state index in [0.717, 1.165) is 6.07 Å². The van der Waals surface area contributed by atoms with Crippen LogP contribution in [0.3, 0.4) is 0 Å². The number of benzene rings is 1. The summed E-state index contributed by atoms with van der Waals surface area (Å²) in [6.07, 6.45) is 0.349. The van der Waals surface area contributed by atoms with Crippen LogP contribution >= 0.6 is 11.6 Å². The number of carboxylic acids is 1. The van der Waals surface area contributed by atoms with E-state index in [1.54, 1.807) is 0 Å². The molecule has 2 rings (SSSR count). The highest BCUT2D eigenvalue weighted by molar-refractivity contribution is 6.18. The molecule has 5 nitrogen and oxygen atoms in total. The summed E-state index contributed by atoms with van der Waals surface area (Å²) < 4.78 is 0. The van der Waals surface area contributed by atoms with Crippen LogP contribution in [-0.2, 0) is 4.79 Å². The number of anilines is 1. The van der Waals surface area contributed by atoms with Crippen LogP contribution in [0.15, 0.2) is 18.2 Å². The van der Waals surface area contributed by atoms with E-state index in [9.17, 15) is 14.7 Å². The van der Waals surface area contributed by atoms with E-state index in [4.69, 9.17) is 16.7 Å². The van der Waals surface area contributed by atoms with Crippen LogP contribution in [0.1, 0.15) is 16.8 Å². The monoisotopic (exact) mass is 269 g/mol. The molecular formula is C12H12ClNO4. The SMILES string of the molecule is O=C(O)c1cc(O)cc(N2CC(CCl)CC2=O)c1. The first-order valence-corrected chi connectivity index (χ1v) is 5.98. The fourth-order valence-electron chi connectivity index (χ4n) is 2.01. The second-order valence-corrected chi connectivity index (χ2v) is 4.58. The number of halogens is 1. The topological polar surface area (TPSA) is 77.8 Å². The molecule has 0 spiro atoms. The largest absolute Gasteiger partial charge is 0.508 e.